The highest BCUT2D eigenvalue weighted by Gasteiger charge is 2.14. The van der Waals surface area contributed by atoms with Crippen molar-refractivity contribution in [1.82, 2.24) is 0 Å². The highest BCUT2D eigenvalue weighted by molar-refractivity contribution is 9.08. The zero-order chi connectivity index (χ0) is 12.1. The second kappa shape index (κ2) is 6.34. The Labute approximate surface area is 113 Å². The van der Waals surface area contributed by atoms with Crippen LogP contribution in [0.2, 0.25) is 10.0 Å². The standard InChI is InChI=1S/C11H10BrCl2NO/c1-2-9(6-15)16-11-7(5-12)3-8(13)4-10(11)14/h3-4,9H,2,5H2,1H3. The summed E-state index contributed by atoms with van der Waals surface area (Å²) in [5.41, 5.74) is 0.839. The molecule has 0 bridgehead atoms. The van der Waals surface area contributed by atoms with Gasteiger partial charge in [0.05, 0.1) is 5.02 Å². The molecular formula is C11H10BrCl2NO. The van der Waals surface area contributed by atoms with E-state index in [1.165, 1.54) is 0 Å². The number of hydrogen-bond donors (Lipinski definition) is 0. The normalized spacial score (nSPS) is 11.9. The van der Waals surface area contributed by atoms with Gasteiger partial charge in [-0.1, -0.05) is 46.1 Å². The van der Waals surface area contributed by atoms with Crippen LogP contribution >= 0.6 is 39.1 Å². The third kappa shape index (κ3) is 3.28. The lowest BCUT2D eigenvalue weighted by molar-refractivity contribution is 0.250. The number of hydrogen-bond acceptors (Lipinski definition) is 2. The Balaban J connectivity index is 3.07. The van der Waals surface area contributed by atoms with E-state index in [-0.39, 0.29) is 0 Å². The molecule has 1 atom stereocenters. The lowest BCUT2D eigenvalue weighted by Crippen LogP contribution is -2.13. The second-order valence-corrected chi connectivity index (χ2v) is 4.56. The smallest absolute Gasteiger partial charge is 0.184 e. The molecule has 0 N–H and O–H groups in total. The first-order chi connectivity index (χ1) is 7.62. The number of nitriles is 1. The molecule has 86 valence electrons. The van der Waals surface area contributed by atoms with Gasteiger partial charge in [-0.05, 0) is 18.6 Å². The van der Waals surface area contributed by atoms with Gasteiger partial charge in [-0.3, -0.25) is 0 Å². The molecule has 1 unspecified atom stereocenters. The van der Waals surface area contributed by atoms with Gasteiger partial charge in [0, 0.05) is 15.9 Å². The number of ether oxygens (including phenoxy) is 1. The van der Waals surface area contributed by atoms with E-state index >= 15 is 0 Å². The van der Waals surface area contributed by atoms with Crippen LogP contribution < -0.4 is 4.74 Å². The number of halogens is 3. The van der Waals surface area contributed by atoms with E-state index < -0.39 is 6.10 Å². The van der Waals surface area contributed by atoms with Crippen LogP contribution in [-0.4, -0.2) is 6.10 Å². The molecule has 0 aliphatic carbocycles. The lowest BCUT2D eigenvalue weighted by atomic mass is 10.2. The molecule has 0 aliphatic rings. The molecule has 1 rings (SSSR count). The first-order valence-electron chi connectivity index (χ1n) is 4.72. The van der Waals surface area contributed by atoms with Crippen molar-refractivity contribution in [1.29, 1.82) is 5.26 Å². The zero-order valence-electron chi connectivity index (χ0n) is 8.64. The quantitative estimate of drug-likeness (QED) is 0.761. The summed E-state index contributed by atoms with van der Waals surface area (Å²) in [6.07, 6.45) is 0.119. The van der Waals surface area contributed by atoms with E-state index in [2.05, 4.69) is 22.0 Å². The van der Waals surface area contributed by atoms with Crippen molar-refractivity contribution in [2.75, 3.05) is 0 Å². The van der Waals surface area contributed by atoms with Crippen LogP contribution in [0.4, 0.5) is 0 Å². The topological polar surface area (TPSA) is 33.0 Å². The summed E-state index contributed by atoms with van der Waals surface area (Å²) in [5, 5.41) is 10.4. The molecule has 0 aromatic heterocycles. The summed E-state index contributed by atoms with van der Waals surface area (Å²) in [5.74, 6) is 0.524. The van der Waals surface area contributed by atoms with E-state index in [0.717, 1.165) is 5.56 Å². The molecule has 0 amide bonds. The molecular weight excluding hydrogens is 313 g/mol. The Hall–Kier alpha value is -0.430. The van der Waals surface area contributed by atoms with E-state index in [9.17, 15) is 0 Å². The van der Waals surface area contributed by atoms with Crippen LogP contribution in [0.5, 0.6) is 5.75 Å². The molecule has 5 heteroatoms. The minimum absolute atomic E-state index is 0.427. The maximum absolute atomic E-state index is 8.84. The van der Waals surface area contributed by atoms with Crippen molar-refractivity contribution < 1.29 is 4.74 Å². The van der Waals surface area contributed by atoms with Crippen molar-refractivity contribution in [3.05, 3.63) is 27.7 Å². The molecule has 0 saturated carbocycles. The van der Waals surface area contributed by atoms with Gasteiger partial charge in [-0.15, -0.1) is 0 Å². The fourth-order valence-corrected chi connectivity index (χ4v) is 2.18. The van der Waals surface area contributed by atoms with Crippen molar-refractivity contribution in [3.8, 4) is 11.8 Å². The zero-order valence-corrected chi connectivity index (χ0v) is 11.7. The van der Waals surface area contributed by atoms with Gasteiger partial charge in [0.1, 0.15) is 11.8 Å². The van der Waals surface area contributed by atoms with Gasteiger partial charge in [0.2, 0.25) is 0 Å². The Morgan fingerprint density at radius 1 is 1.50 bits per heavy atom. The van der Waals surface area contributed by atoms with E-state index in [4.69, 9.17) is 33.2 Å². The fraction of sp³-hybridized carbons (Fsp3) is 0.364. The number of benzene rings is 1. The third-order valence-electron chi connectivity index (χ3n) is 2.00. The minimum Gasteiger partial charge on any atom is -0.474 e. The predicted molar refractivity (Wildman–Crippen MR) is 69.4 cm³/mol. The summed E-state index contributed by atoms with van der Waals surface area (Å²) in [7, 11) is 0. The third-order valence-corrected chi connectivity index (χ3v) is 3.11. The van der Waals surface area contributed by atoms with Crippen molar-refractivity contribution >= 4 is 39.1 Å². The monoisotopic (exact) mass is 321 g/mol. The van der Waals surface area contributed by atoms with Gasteiger partial charge in [-0.25, -0.2) is 0 Å². The molecule has 0 aliphatic heterocycles. The Morgan fingerprint density at radius 3 is 2.69 bits per heavy atom. The molecule has 0 spiro atoms. The summed E-state index contributed by atoms with van der Waals surface area (Å²) >= 11 is 15.2. The van der Waals surface area contributed by atoms with Gasteiger partial charge in [0.25, 0.3) is 0 Å². The maximum Gasteiger partial charge on any atom is 0.184 e. The first kappa shape index (κ1) is 13.6. The summed E-state index contributed by atoms with van der Waals surface area (Å²) in [4.78, 5) is 0. The van der Waals surface area contributed by atoms with Crippen molar-refractivity contribution in [2.24, 2.45) is 0 Å². The number of nitrogens with zero attached hydrogens (tertiary/aromatic N) is 1. The molecule has 0 saturated heterocycles. The van der Waals surface area contributed by atoms with E-state index in [1.807, 2.05) is 6.92 Å². The minimum atomic E-state index is -0.489. The van der Waals surface area contributed by atoms with Crippen LogP contribution in [-0.2, 0) is 5.33 Å². The van der Waals surface area contributed by atoms with Crippen LogP contribution in [0, 0.1) is 11.3 Å². The molecule has 1 aromatic carbocycles. The molecule has 0 heterocycles. The van der Waals surface area contributed by atoms with Gasteiger partial charge < -0.3 is 4.74 Å². The van der Waals surface area contributed by atoms with Crippen molar-refractivity contribution in [3.63, 3.8) is 0 Å². The average Bonchev–Trinajstić information content (AvgIpc) is 2.27. The van der Waals surface area contributed by atoms with Gasteiger partial charge >= 0.3 is 0 Å². The molecule has 1 aromatic rings. The maximum atomic E-state index is 8.84. The highest BCUT2D eigenvalue weighted by Crippen LogP contribution is 2.34. The predicted octanol–water partition coefficient (Wildman–Crippen LogP) is 4.57. The Kier molecular flexibility index (Phi) is 5.40. The average molecular weight is 323 g/mol. The SMILES string of the molecule is CCC(C#N)Oc1c(Cl)cc(Cl)cc1CBr. The van der Waals surface area contributed by atoms with E-state index in [1.54, 1.807) is 12.1 Å². The number of rotatable bonds is 4. The molecule has 2 nitrogen and oxygen atoms in total. The van der Waals surface area contributed by atoms with Gasteiger partial charge in [0.15, 0.2) is 6.10 Å². The van der Waals surface area contributed by atoms with Gasteiger partial charge in [-0.2, -0.15) is 5.26 Å². The first-order valence-corrected chi connectivity index (χ1v) is 6.60. The summed E-state index contributed by atoms with van der Waals surface area (Å²) in [6, 6.07) is 5.44. The highest BCUT2D eigenvalue weighted by atomic mass is 79.9. The second-order valence-electron chi connectivity index (χ2n) is 3.15. The molecule has 16 heavy (non-hydrogen) atoms. The van der Waals surface area contributed by atoms with E-state index in [0.29, 0.717) is 27.5 Å². The lowest BCUT2D eigenvalue weighted by Gasteiger charge is -2.15. The van der Waals surface area contributed by atoms with Crippen molar-refractivity contribution in [2.45, 2.75) is 24.8 Å². The molecule has 0 radical (unpaired) electrons. The van der Waals surface area contributed by atoms with Crippen LogP contribution in [0.15, 0.2) is 12.1 Å². The summed E-state index contributed by atoms with van der Waals surface area (Å²) in [6.45, 7) is 1.88. The summed E-state index contributed by atoms with van der Waals surface area (Å²) < 4.78 is 5.54. The molecule has 0 fully saturated rings. The largest absolute Gasteiger partial charge is 0.474 e. The fourth-order valence-electron chi connectivity index (χ4n) is 1.19. The van der Waals surface area contributed by atoms with Crippen LogP contribution in [0.25, 0.3) is 0 Å². The number of alkyl halides is 1. The van der Waals surface area contributed by atoms with Crippen LogP contribution in [0.1, 0.15) is 18.9 Å². The Morgan fingerprint density at radius 2 is 2.19 bits per heavy atom. The Bertz CT molecular complexity index is 417. The van der Waals surface area contributed by atoms with Crippen LogP contribution in [0.3, 0.4) is 0 Å².